The molecule has 9 atom stereocenters. The molecule has 3 aliphatic heterocycles. The minimum atomic E-state index is -1.47. The molecule has 190 valence electrons. The maximum Gasteiger partial charge on any atom is 0.238 e. The number of rotatable bonds is 2. The Morgan fingerprint density at radius 2 is 1.89 bits per heavy atom. The van der Waals surface area contributed by atoms with Crippen LogP contribution in [0.1, 0.15) is 79.6 Å². The number of allylic oxidation sites excluding steroid dienone is 3. The molecule has 5 saturated carbocycles. The largest absolute Gasteiger partial charge is 0.387 e. The maximum atomic E-state index is 15.2. The molecule has 3 spiro atoms. The smallest absolute Gasteiger partial charge is 0.238 e. The van der Waals surface area contributed by atoms with Crippen LogP contribution in [0.4, 0.5) is 0 Å². The Morgan fingerprint density at radius 1 is 1.14 bits per heavy atom. The van der Waals surface area contributed by atoms with Crippen LogP contribution in [0, 0.1) is 45.3 Å². The first kappa shape index (κ1) is 22.9. The lowest BCUT2D eigenvalue weighted by Crippen LogP contribution is -2.84. The second-order valence-corrected chi connectivity index (χ2v) is 14.4. The van der Waals surface area contributed by atoms with Gasteiger partial charge in [0, 0.05) is 11.3 Å². The van der Waals surface area contributed by atoms with Crippen LogP contribution in [0.25, 0.3) is 0 Å². The van der Waals surface area contributed by atoms with Crippen LogP contribution in [0.2, 0.25) is 0 Å². The highest BCUT2D eigenvalue weighted by atomic mass is 16.7. The molecule has 6 aliphatic carbocycles. The summed E-state index contributed by atoms with van der Waals surface area (Å²) in [6.07, 6.45) is 10.2. The van der Waals surface area contributed by atoms with E-state index in [2.05, 4.69) is 26.5 Å². The monoisotopic (exact) mass is 480 g/mol. The SMILES string of the molecule is C=CC1=CC2C3C(C)(O)COC45OC67CCCC(C)(C)C6CCC(C1)(C(=O)C3(C(C)C)C4=O)C25C7. The molecule has 5 heteroatoms. The Labute approximate surface area is 208 Å². The van der Waals surface area contributed by atoms with Crippen LogP contribution in [0.15, 0.2) is 24.3 Å². The Hall–Kier alpha value is -1.30. The van der Waals surface area contributed by atoms with Gasteiger partial charge in [-0.2, -0.15) is 0 Å². The summed E-state index contributed by atoms with van der Waals surface area (Å²) in [5, 5.41) is 11.9. The summed E-state index contributed by atoms with van der Waals surface area (Å²) in [4.78, 5) is 30.1. The van der Waals surface area contributed by atoms with Crippen molar-refractivity contribution in [2.45, 2.75) is 96.6 Å². The lowest BCUT2D eigenvalue weighted by Gasteiger charge is -2.73. The minimum absolute atomic E-state index is 0.0148. The third-order valence-corrected chi connectivity index (χ3v) is 12.4. The molecule has 3 saturated heterocycles. The molecule has 0 radical (unpaired) electrons. The van der Waals surface area contributed by atoms with E-state index in [9.17, 15) is 9.90 Å². The van der Waals surface area contributed by atoms with E-state index >= 15 is 4.79 Å². The first-order valence-corrected chi connectivity index (χ1v) is 13.8. The van der Waals surface area contributed by atoms with Gasteiger partial charge in [0.25, 0.3) is 0 Å². The number of aliphatic hydroxyl groups is 1. The Bertz CT molecular complexity index is 1120. The fourth-order valence-corrected chi connectivity index (χ4v) is 11.5. The van der Waals surface area contributed by atoms with Gasteiger partial charge >= 0.3 is 0 Å². The quantitative estimate of drug-likeness (QED) is 0.576. The number of hydrogen-bond donors (Lipinski definition) is 1. The molecule has 5 nitrogen and oxygen atoms in total. The lowest BCUT2D eigenvalue weighted by atomic mass is 9.28. The zero-order chi connectivity index (χ0) is 25.0. The molecule has 8 fully saturated rings. The molecule has 3 heterocycles. The number of ketones is 2. The number of carbonyl (C=O) groups is 2. The highest BCUT2D eigenvalue weighted by Gasteiger charge is 2.95. The van der Waals surface area contributed by atoms with Gasteiger partial charge in [-0.25, -0.2) is 0 Å². The molecule has 35 heavy (non-hydrogen) atoms. The molecule has 0 aromatic carbocycles. The fourth-order valence-electron chi connectivity index (χ4n) is 11.5. The average molecular weight is 481 g/mol. The van der Waals surface area contributed by atoms with E-state index in [4.69, 9.17) is 9.47 Å². The van der Waals surface area contributed by atoms with E-state index in [-0.39, 0.29) is 41.3 Å². The van der Waals surface area contributed by atoms with Crippen LogP contribution in [-0.2, 0) is 19.1 Å². The Kier molecular flexibility index (Phi) is 3.95. The van der Waals surface area contributed by atoms with Crippen LogP contribution in [-0.4, -0.2) is 40.3 Å². The van der Waals surface area contributed by atoms with Gasteiger partial charge in [-0.1, -0.05) is 58.4 Å². The predicted octanol–water partition coefficient (Wildman–Crippen LogP) is 4.77. The van der Waals surface area contributed by atoms with Crippen molar-refractivity contribution >= 4 is 11.6 Å². The summed E-state index contributed by atoms with van der Waals surface area (Å²) >= 11 is 0. The van der Waals surface area contributed by atoms with Gasteiger partial charge in [-0.05, 0) is 68.6 Å². The zero-order valence-electron chi connectivity index (χ0n) is 21.9. The highest BCUT2D eigenvalue weighted by Crippen LogP contribution is 2.85. The van der Waals surface area contributed by atoms with E-state index in [1.54, 1.807) is 6.92 Å². The summed E-state index contributed by atoms with van der Waals surface area (Å²) < 4.78 is 14.0. The number of Topliss-reactive ketones (excluding diaryl/α,β-unsaturated/α-hetero) is 2. The predicted molar refractivity (Wildman–Crippen MR) is 130 cm³/mol. The Balaban J connectivity index is 1.63. The van der Waals surface area contributed by atoms with Crippen LogP contribution >= 0.6 is 0 Å². The summed E-state index contributed by atoms with van der Waals surface area (Å²) in [6.45, 7) is 14.5. The van der Waals surface area contributed by atoms with Crippen molar-refractivity contribution in [2.75, 3.05) is 6.61 Å². The molecule has 0 amide bonds. The standard InChI is InChI=1S/C30H40O5/c1-7-18-13-19-21-25(6,33)16-34-30-23(32)29(21,17(2)3)22(31)26(14-18)12-9-20-24(4,5)10-8-11-27(20,35-30)15-28(19,26)30/h7,13,17,19-21,33H,1,8-12,14-16H2,2-6H3. The third-order valence-electron chi connectivity index (χ3n) is 12.4. The lowest BCUT2D eigenvalue weighted by molar-refractivity contribution is -0.331. The van der Waals surface area contributed by atoms with E-state index in [0.29, 0.717) is 12.8 Å². The van der Waals surface area contributed by atoms with Crippen molar-refractivity contribution < 1.29 is 24.2 Å². The van der Waals surface area contributed by atoms with E-state index in [0.717, 1.165) is 37.7 Å². The summed E-state index contributed by atoms with van der Waals surface area (Å²) in [7, 11) is 0. The van der Waals surface area contributed by atoms with E-state index < -0.39 is 39.2 Å². The average Bonchev–Trinajstić information content (AvgIpc) is 2.89. The molecule has 0 aromatic heterocycles. The van der Waals surface area contributed by atoms with Crippen molar-refractivity contribution in [3.63, 3.8) is 0 Å². The van der Waals surface area contributed by atoms with Gasteiger partial charge in [0.05, 0.1) is 23.2 Å². The topological polar surface area (TPSA) is 72.8 Å². The van der Waals surface area contributed by atoms with Crippen molar-refractivity contribution in [1.82, 2.24) is 0 Å². The number of carbonyl (C=O) groups excluding carboxylic acids is 2. The molecule has 0 aromatic rings. The number of ether oxygens (including phenoxy) is 2. The fraction of sp³-hybridized carbons (Fsp3) is 0.800. The van der Waals surface area contributed by atoms with Gasteiger partial charge in [-0.3, -0.25) is 9.59 Å². The van der Waals surface area contributed by atoms with Crippen LogP contribution in [0.5, 0.6) is 0 Å². The van der Waals surface area contributed by atoms with E-state index in [1.807, 2.05) is 19.9 Å². The number of fused-ring (bicyclic) bond motifs is 2. The maximum absolute atomic E-state index is 15.2. The van der Waals surface area contributed by atoms with Crippen LogP contribution < -0.4 is 0 Å². The minimum Gasteiger partial charge on any atom is -0.387 e. The van der Waals surface area contributed by atoms with Gasteiger partial charge in [0.15, 0.2) is 5.78 Å². The summed E-state index contributed by atoms with van der Waals surface area (Å²) in [6, 6.07) is 0. The summed E-state index contributed by atoms with van der Waals surface area (Å²) in [5.74, 6) is -2.27. The second kappa shape index (κ2) is 6.05. The molecule has 9 unspecified atom stereocenters. The van der Waals surface area contributed by atoms with Gasteiger partial charge in [0.2, 0.25) is 11.6 Å². The van der Waals surface area contributed by atoms with Gasteiger partial charge < -0.3 is 14.6 Å². The van der Waals surface area contributed by atoms with Crippen molar-refractivity contribution in [3.05, 3.63) is 24.3 Å². The van der Waals surface area contributed by atoms with Crippen molar-refractivity contribution in [2.24, 2.45) is 45.3 Å². The normalized spacial score (nSPS) is 57.0. The van der Waals surface area contributed by atoms with Crippen molar-refractivity contribution in [1.29, 1.82) is 0 Å². The molecule has 1 N–H and O–H groups in total. The van der Waals surface area contributed by atoms with E-state index in [1.165, 1.54) is 0 Å². The highest BCUT2D eigenvalue weighted by molar-refractivity contribution is 6.18. The van der Waals surface area contributed by atoms with Gasteiger partial charge in [0.1, 0.15) is 5.41 Å². The summed E-state index contributed by atoms with van der Waals surface area (Å²) in [5.41, 5.74) is -3.46. The molecular formula is C30H40O5. The third kappa shape index (κ3) is 1.98. The first-order valence-electron chi connectivity index (χ1n) is 13.8. The van der Waals surface area contributed by atoms with Crippen molar-refractivity contribution in [3.8, 4) is 0 Å². The molecular weight excluding hydrogens is 440 g/mol. The molecule has 9 aliphatic rings. The van der Waals surface area contributed by atoms with Crippen LogP contribution in [0.3, 0.4) is 0 Å². The second-order valence-electron chi connectivity index (χ2n) is 14.4. The molecule has 9 rings (SSSR count). The zero-order valence-corrected chi connectivity index (χ0v) is 21.9. The van der Waals surface area contributed by atoms with Gasteiger partial charge in [-0.15, -0.1) is 0 Å². The molecule has 7 bridgehead atoms. The first-order chi connectivity index (χ1) is 16.3. The number of hydrogen-bond acceptors (Lipinski definition) is 5. The Morgan fingerprint density at radius 3 is 2.57 bits per heavy atom.